The van der Waals surface area contributed by atoms with Crippen molar-refractivity contribution in [1.29, 1.82) is 0 Å². The Balaban J connectivity index is 1.89. The minimum absolute atomic E-state index is 0.865. The van der Waals surface area contributed by atoms with Crippen molar-refractivity contribution in [1.82, 2.24) is 14.5 Å². The van der Waals surface area contributed by atoms with Crippen molar-refractivity contribution in [3.8, 4) is 5.75 Å². The fraction of sp³-hybridized carbons (Fsp3) is 0.462. The van der Waals surface area contributed by atoms with Crippen LogP contribution in [-0.4, -0.2) is 34.7 Å². The molecule has 0 amide bonds. The first-order valence-corrected chi connectivity index (χ1v) is 6.08. The molecule has 2 aromatic rings. The average Bonchev–Trinajstić information content (AvgIpc) is 2.99. The molecule has 4 heteroatoms. The average molecular weight is 231 g/mol. The minimum atomic E-state index is 0.865. The third kappa shape index (κ3) is 2.00. The van der Waals surface area contributed by atoms with E-state index in [-0.39, 0.29) is 0 Å². The lowest BCUT2D eigenvalue weighted by atomic mass is 10.3. The molecular formula is C13H17N3O. The van der Waals surface area contributed by atoms with E-state index in [0.29, 0.717) is 0 Å². The molecule has 90 valence electrons. The first kappa shape index (κ1) is 10.6. The first-order chi connectivity index (χ1) is 8.36. The number of hydrogen-bond donors (Lipinski definition) is 0. The van der Waals surface area contributed by atoms with Crippen molar-refractivity contribution in [2.24, 2.45) is 0 Å². The topological polar surface area (TPSA) is 30.3 Å². The maximum Gasteiger partial charge on any atom is 0.121 e. The zero-order valence-electron chi connectivity index (χ0n) is 10.1. The molecule has 0 saturated carbocycles. The molecule has 0 bridgehead atoms. The molecule has 0 N–H and O–H groups in total. The second kappa shape index (κ2) is 4.37. The third-order valence-corrected chi connectivity index (χ3v) is 3.38. The van der Waals surface area contributed by atoms with Crippen LogP contribution in [-0.2, 0) is 6.67 Å². The number of hydrogen-bond acceptors (Lipinski definition) is 3. The van der Waals surface area contributed by atoms with Gasteiger partial charge in [0.1, 0.15) is 5.75 Å². The number of likely N-dealkylation sites (tertiary alicyclic amines) is 1. The Hall–Kier alpha value is -1.55. The lowest BCUT2D eigenvalue weighted by Gasteiger charge is -2.15. The van der Waals surface area contributed by atoms with Gasteiger partial charge >= 0.3 is 0 Å². The summed E-state index contributed by atoms with van der Waals surface area (Å²) in [7, 11) is 1.68. The van der Waals surface area contributed by atoms with Gasteiger partial charge in [-0.25, -0.2) is 4.98 Å². The van der Waals surface area contributed by atoms with Crippen LogP contribution in [0.2, 0.25) is 0 Å². The number of fused-ring (bicyclic) bond motifs is 1. The quantitative estimate of drug-likeness (QED) is 0.810. The number of ether oxygens (including phenoxy) is 1. The zero-order chi connectivity index (χ0) is 11.7. The van der Waals surface area contributed by atoms with Gasteiger partial charge in [-0.2, -0.15) is 0 Å². The lowest BCUT2D eigenvalue weighted by molar-refractivity contribution is 0.274. The van der Waals surface area contributed by atoms with Crippen LogP contribution in [0, 0.1) is 0 Å². The van der Waals surface area contributed by atoms with Crippen LogP contribution in [0.25, 0.3) is 11.0 Å². The summed E-state index contributed by atoms with van der Waals surface area (Å²) in [5.41, 5.74) is 2.18. The van der Waals surface area contributed by atoms with Gasteiger partial charge < -0.3 is 9.30 Å². The van der Waals surface area contributed by atoms with Crippen molar-refractivity contribution < 1.29 is 4.74 Å². The number of benzene rings is 1. The van der Waals surface area contributed by atoms with Gasteiger partial charge in [0.15, 0.2) is 0 Å². The van der Waals surface area contributed by atoms with Crippen LogP contribution in [0.3, 0.4) is 0 Å². The van der Waals surface area contributed by atoms with Gasteiger partial charge in [-0.05, 0) is 38.1 Å². The SMILES string of the molecule is COc1ccc2c(c1)ncn2CN1CCCC1. The van der Waals surface area contributed by atoms with E-state index >= 15 is 0 Å². The maximum absolute atomic E-state index is 5.21. The Morgan fingerprint density at radius 3 is 2.88 bits per heavy atom. The molecule has 1 saturated heterocycles. The van der Waals surface area contributed by atoms with Gasteiger partial charge in [-0.3, -0.25) is 4.90 Å². The molecular weight excluding hydrogens is 214 g/mol. The molecule has 0 radical (unpaired) electrons. The summed E-state index contributed by atoms with van der Waals surface area (Å²) in [5, 5.41) is 0. The Kier molecular flexibility index (Phi) is 2.73. The van der Waals surface area contributed by atoms with E-state index in [1.807, 2.05) is 18.5 Å². The van der Waals surface area contributed by atoms with Crippen LogP contribution in [0.1, 0.15) is 12.8 Å². The smallest absolute Gasteiger partial charge is 0.121 e. The monoisotopic (exact) mass is 231 g/mol. The summed E-state index contributed by atoms with van der Waals surface area (Å²) in [6, 6.07) is 6.05. The van der Waals surface area contributed by atoms with Crippen LogP contribution >= 0.6 is 0 Å². The Morgan fingerprint density at radius 1 is 1.29 bits per heavy atom. The molecule has 17 heavy (non-hydrogen) atoms. The number of methoxy groups -OCH3 is 1. The highest BCUT2D eigenvalue weighted by molar-refractivity contribution is 5.76. The Labute approximate surface area is 101 Å². The van der Waals surface area contributed by atoms with Crippen molar-refractivity contribution in [2.45, 2.75) is 19.5 Å². The summed E-state index contributed by atoms with van der Waals surface area (Å²) >= 11 is 0. The standard InChI is InChI=1S/C13H17N3O/c1-17-11-4-5-13-12(8-11)14-9-16(13)10-15-6-2-3-7-15/h4-5,8-9H,2-3,6-7,10H2,1H3. The van der Waals surface area contributed by atoms with E-state index in [0.717, 1.165) is 17.9 Å². The fourth-order valence-electron chi connectivity index (χ4n) is 2.42. The lowest BCUT2D eigenvalue weighted by Crippen LogP contribution is -2.22. The highest BCUT2D eigenvalue weighted by Crippen LogP contribution is 2.20. The highest BCUT2D eigenvalue weighted by atomic mass is 16.5. The molecule has 1 fully saturated rings. The zero-order valence-corrected chi connectivity index (χ0v) is 10.1. The van der Waals surface area contributed by atoms with Gasteiger partial charge in [-0.1, -0.05) is 0 Å². The van der Waals surface area contributed by atoms with E-state index in [4.69, 9.17) is 4.74 Å². The molecule has 4 nitrogen and oxygen atoms in total. The first-order valence-electron chi connectivity index (χ1n) is 6.08. The normalized spacial score (nSPS) is 16.8. The predicted molar refractivity (Wildman–Crippen MR) is 67.1 cm³/mol. The highest BCUT2D eigenvalue weighted by Gasteiger charge is 2.13. The van der Waals surface area contributed by atoms with Crippen molar-refractivity contribution in [2.75, 3.05) is 20.2 Å². The predicted octanol–water partition coefficient (Wildman–Crippen LogP) is 2.10. The van der Waals surface area contributed by atoms with Gasteiger partial charge in [0.05, 0.1) is 31.1 Å². The van der Waals surface area contributed by atoms with Crippen LogP contribution in [0.4, 0.5) is 0 Å². The Bertz CT molecular complexity index is 514. The summed E-state index contributed by atoms with van der Waals surface area (Å²) in [4.78, 5) is 6.89. The van der Waals surface area contributed by atoms with Crippen LogP contribution < -0.4 is 4.74 Å². The third-order valence-electron chi connectivity index (χ3n) is 3.38. The van der Waals surface area contributed by atoms with Gasteiger partial charge in [0.2, 0.25) is 0 Å². The summed E-state index contributed by atoms with van der Waals surface area (Å²) in [5.74, 6) is 0.865. The van der Waals surface area contributed by atoms with E-state index < -0.39 is 0 Å². The molecule has 1 aliphatic heterocycles. The Morgan fingerprint density at radius 2 is 2.12 bits per heavy atom. The molecule has 0 spiro atoms. The molecule has 0 aliphatic carbocycles. The fourth-order valence-corrected chi connectivity index (χ4v) is 2.42. The van der Waals surface area contributed by atoms with Gasteiger partial charge in [0.25, 0.3) is 0 Å². The second-order valence-electron chi connectivity index (χ2n) is 4.54. The summed E-state index contributed by atoms with van der Waals surface area (Å²) < 4.78 is 7.41. The van der Waals surface area contributed by atoms with Gasteiger partial charge in [0, 0.05) is 6.07 Å². The van der Waals surface area contributed by atoms with Crippen molar-refractivity contribution >= 4 is 11.0 Å². The molecule has 3 rings (SSSR count). The molecule has 1 aromatic heterocycles. The molecule has 1 aromatic carbocycles. The van der Waals surface area contributed by atoms with Crippen LogP contribution in [0.5, 0.6) is 5.75 Å². The summed E-state index contributed by atoms with van der Waals surface area (Å²) in [6.07, 6.45) is 4.56. The molecule has 2 heterocycles. The molecule has 1 aliphatic rings. The van der Waals surface area contributed by atoms with E-state index in [2.05, 4.69) is 20.5 Å². The van der Waals surface area contributed by atoms with Crippen LogP contribution in [0.15, 0.2) is 24.5 Å². The van der Waals surface area contributed by atoms with E-state index in [1.54, 1.807) is 7.11 Å². The van der Waals surface area contributed by atoms with Crippen molar-refractivity contribution in [3.63, 3.8) is 0 Å². The molecule has 0 unspecified atom stereocenters. The maximum atomic E-state index is 5.21. The number of rotatable bonds is 3. The van der Waals surface area contributed by atoms with E-state index in [9.17, 15) is 0 Å². The van der Waals surface area contributed by atoms with Crippen molar-refractivity contribution in [3.05, 3.63) is 24.5 Å². The van der Waals surface area contributed by atoms with E-state index in [1.165, 1.54) is 31.4 Å². The largest absolute Gasteiger partial charge is 0.497 e. The minimum Gasteiger partial charge on any atom is -0.497 e. The number of aromatic nitrogens is 2. The molecule has 0 atom stereocenters. The summed E-state index contributed by atoms with van der Waals surface area (Å²) in [6.45, 7) is 3.36. The number of imidazole rings is 1. The number of nitrogens with zero attached hydrogens (tertiary/aromatic N) is 3. The van der Waals surface area contributed by atoms with Gasteiger partial charge in [-0.15, -0.1) is 0 Å². The second-order valence-corrected chi connectivity index (χ2v) is 4.54.